The number of nitrogens with one attached hydrogen (secondary N) is 2. The minimum atomic E-state index is -0.608. The van der Waals surface area contributed by atoms with Crippen LogP contribution in [0.3, 0.4) is 0 Å². The van der Waals surface area contributed by atoms with Gasteiger partial charge < -0.3 is 20.5 Å². The van der Waals surface area contributed by atoms with E-state index in [1.54, 1.807) is 26.2 Å². The van der Waals surface area contributed by atoms with Crippen molar-refractivity contribution >= 4 is 11.6 Å². The summed E-state index contributed by atoms with van der Waals surface area (Å²) in [5.74, 6) is -0.140. The Morgan fingerprint density at radius 2 is 2.17 bits per heavy atom. The molecule has 18 heavy (non-hydrogen) atoms. The van der Waals surface area contributed by atoms with E-state index in [1.165, 1.54) is 0 Å². The first-order chi connectivity index (χ1) is 8.65. The molecule has 1 aromatic rings. The smallest absolute Gasteiger partial charge is 0.238 e. The van der Waals surface area contributed by atoms with Gasteiger partial charge in [0.15, 0.2) is 0 Å². The van der Waals surface area contributed by atoms with Gasteiger partial charge >= 0.3 is 0 Å². The van der Waals surface area contributed by atoms with Gasteiger partial charge in [0.05, 0.1) is 19.3 Å². The average molecular weight is 252 g/mol. The van der Waals surface area contributed by atoms with Crippen LogP contribution in [0.4, 0.5) is 5.69 Å². The standard InChI is InChI=1S/C13H20N2O3/c1-10(16)11-5-3-4-6-12(11)15-13(17)9-14-7-8-18-2/h3-6,10,14,16H,7-9H2,1-2H3,(H,15,17). The molecular formula is C13H20N2O3. The average Bonchev–Trinajstić information content (AvgIpc) is 2.35. The van der Waals surface area contributed by atoms with Crippen LogP contribution in [0.5, 0.6) is 0 Å². The fourth-order valence-electron chi connectivity index (χ4n) is 1.55. The van der Waals surface area contributed by atoms with E-state index in [0.29, 0.717) is 24.4 Å². The van der Waals surface area contributed by atoms with Crippen molar-refractivity contribution in [2.45, 2.75) is 13.0 Å². The number of anilines is 1. The Morgan fingerprint density at radius 1 is 1.44 bits per heavy atom. The van der Waals surface area contributed by atoms with Crippen LogP contribution in [0.15, 0.2) is 24.3 Å². The van der Waals surface area contributed by atoms with Crippen LogP contribution >= 0.6 is 0 Å². The lowest BCUT2D eigenvalue weighted by Gasteiger charge is -2.13. The van der Waals surface area contributed by atoms with E-state index < -0.39 is 6.10 Å². The summed E-state index contributed by atoms with van der Waals surface area (Å²) in [6.45, 7) is 3.08. The van der Waals surface area contributed by atoms with Gasteiger partial charge in [-0.2, -0.15) is 0 Å². The molecule has 3 N–H and O–H groups in total. The van der Waals surface area contributed by atoms with Crippen LogP contribution in [0.25, 0.3) is 0 Å². The highest BCUT2D eigenvalue weighted by Gasteiger charge is 2.09. The number of carbonyl (C=O) groups excluding carboxylic acids is 1. The van der Waals surface area contributed by atoms with Crippen LogP contribution in [0, 0.1) is 0 Å². The van der Waals surface area contributed by atoms with Gasteiger partial charge in [0.1, 0.15) is 0 Å². The van der Waals surface area contributed by atoms with Crippen molar-refractivity contribution in [2.24, 2.45) is 0 Å². The Kier molecular flexibility index (Phi) is 6.35. The molecule has 0 radical (unpaired) electrons. The highest BCUT2D eigenvalue weighted by atomic mass is 16.5. The molecular weight excluding hydrogens is 232 g/mol. The zero-order valence-electron chi connectivity index (χ0n) is 10.8. The number of carbonyl (C=O) groups is 1. The SMILES string of the molecule is COCCNCC(=O)Nc1ccccc1C(C)O. The van der Waals surface area contributed by atoms with Crippen molar-refractivity contribution in [3.8, 4) is 0 Å². The minimum absolute atomic E-state index is 0.140. The van der Waals surface area contributed by atoms with Gasteiger partial charge in [-0.15, -0.1) is 0 Å². The lowest BCUT2D eigenvalue weighted by molar-refractivity contribution is -0.115. The van der Waals surface area contributed by atoms with E-state index in [0.717, 1.165) is 0 Å². The van der Waals surface area contributed by atoms with Crippen molar-refractivity contribution in [1.82, 2.24) is 5.32 Å². The first-order valence-electron chi connectivity index (χ1n) is 5.91. The van der Waals surface area contributed by atoms with Crippen molar-refractivity contribution in [1.29, 1.82) is 0 Å². The third-order valence-corrected chi connectivity index (χ3v) is 2.45. The second kappa shape index (κ2) is 7.81. The molecule has 1 rings (SSSR count). The maximum absolute atomic E-state index is 11.7. The van der Waals surface area contributed by atoms with Gasteiger partial charge in [0.25, 0.3) is 0 Å². The summed E-state index contributed by atoms with van der Waals surface area (Å²) in [7, 11) is 1.61. The lowest BCUT2D eigenvalue weighted by atomic mass is 10.1. The van der Waals surface area contributed by atoms with Gasteiger partial charge in [0.2, 0.25) is 5.91 Å². The number of hydrogen-bond acceptors (Lipinski definition) is 4. The Hall–Kier alpha value is -1.43. The Balaban J connectivity index is 2.49. The Bertz CT molecular complexity index is 380. The molecule has 1 atom stereocenters. The van der Waals surface area contributed by atoms with Crippen molar-refractivity contribution < 1.29 is 14.6 Å². The molecule has 1 unspecified atom stereocenters. The van der Waals surface area contributed by atoms with Gasteiger partial charge in [-0.3, -0.25) is 4.79 Å². The molecule has 1 aromatic carbocycles. The first-order valence-corrected chi connectivity index (χ1v) is 5.91. The zero-order chi connectivity index (χ0) is 13.4. The largest absolute Gasteiger partial charge is 0.389 e. The van der Waals surface area contributed by atoms with E-state index in [-0.39, 0.29) is 12.5 Å². The normalized spacial score (nSPS) is 12.2. The molecule has 1 amide bonds. The highest BCUT2D eigenvalue weighted by Crippen LogP contribution is 2.21. The van der Waals surface area contributed by atoms with E-state index >= 15 is 0 Å². The maximum atomic E-state index is 11.7. The topological polar surface area (TPSA) is 70.6 Å². The predicted octanol–water partition coefficient (Wildman–Crippen LogP) is 0.914. The summed E-state index contributed by atoms with van der Waals surface area (Å²) in [5, 5.41) is 15.3. The molecule has 0 aromatic heterocycles. The molecule has 0 saturated heterocycles. The van der Waals surface area contributed by atoms with Crippen LogP contribution in [0.2, 0.25) is 0 Å². The third-order valence-electron chi connectivity index (χ3n) is 2.45. The number of rotatable bonds is 7. The van der Waals surface area contributed by atoms with Crippen molar-refractivity contribution in [3.63, 3.8) is 0 Å². The van der Waals surface area contributed by atoms with E-state index in [1.807, 2.05) is 12.1 Å². The highest BCUT2D eigenvalue weighted by molar-refractivity contribution is 5.93. The second-order valence-electron chi connectivity index (χ2n) is 3.98. The van der Waals surface area contributed by atoms with Crippen LogP contribution in [-0.4, -0.2) is 37.8 Å². The lowest BCUT2D eigenvalue weighted by Crippen LogP contribution is -2.30. The van der Waals surface area contributed by atoms with Gasteiger partial charge in [-0.05, 0) is 13.0 Å². The number of methoxy groups -OCH3 is 1. The molecule has 0 aliphatic heterocycles. The zero-order valence-corrected chi connectivity index (χ0v) is 10.8. The number of amides is 1. The van der Waals surface area contributed by atoms with E-state index in [9.17, 15) is 9.90 Å². The van der Waals surface area contributed by atoms with Crippen molar-refractivity contribution in [2.75, 3.05) is 32.1 Å². The molecule has 0 bridgehead atoms. The molecule has 5 heteroatoms. The molecule has 0 saturated carbocycles. The van der Waals surface area contributed by atoms with Gasteiger partial charge in [-0.25, -0.2) is 0 Å². The summed E-state index contributed by atoms with van der Waals surface area (Å²) < 4.78 is 4.87. The first kappa shape index (κ1) is 14.6. The molecule has 0 aliphatic carbocycles. The summed E-state index contributed by atoms with van der Waals surface area (Å²) in [6, 6.07) is 7.21. The molecule has 5 nitrogen and oxygen atoms in total. The molecule has 0 heterocycles. The molecule has 0 fully saturated rings. The Labute approximate surface area is 107 Å². The summed E-state index contributed by atoms with van der Waals surface area (Å²) >= 11 is 0. The van der Waals surface area contributed by atoms with E-state index in [2.05, 4.69) is 10.6 Å². The number of ether oxygens (including phenoxy) is 1. The van der Waals surface area contributed by atoms with Crippen molar-refractivity contribution in [3.05, 3.63) is 29.8 Å². The van der Waals surface area contributed by atoms with Crippen LogP contribution < -0.4 is 10.6 Å². The fourth-order valence-corrected chi connectivity index (χ4v) is 1.55. The molecule has 0 spiro atoms. The minimum Gasteiger partial charge on any atom is -0.389 e. The maximum Gasteiger partial charge on any atom is 0.238 e. The molecule has 100 valence electrons. The Morgan fingerprint density at radius 3 is 2.83 bits per heavy atom. The molecule has 0 aliphatic rings. The number of hydrogen-bond donors (Lipinski definition) is 3. The number of para-hydroxylation sites is 1. The van der Waals surface area contributed by atoms with Gasteiger partial charge in [0, 0.05) is 24.9 Å². The fraction of sp³-hybridized carbons (Fsp3) is 0.462. The quantitative estimate of drug-likeness (QED) is 0.631. The van der Waals surface area contributed by atoms with Gasteiger partial charge in [-0.1, -0.05) is 18.2 Å². The van der Waals surface area contributed by atoms with Crippen LogP contribution in [0.1, 0.15) is 18.6 Å². The third kappa shape index (κ3) is 4.83. The summed E-state index contributed by atoms with van der Waals surface area (Å²) in [6.07, 6.45) is -0.608. The number of benzene rings is 1. The van der Waals surface area contributed by atoms with E-state index in [4.69, 9.17) is 4.74 Å². The summed E-state index contributed by atoms with van der Waals surface area (Å²) in [4.78, 5) is 11.7. The number of aliphatic hydroxyl groups is 1. The number of aliphatic hydroxyl groups excluding tert-OH is 1. The second-order valence-corrected chi connectivity index (χ2v) is 3.98. The predicted molar refractivity (Wildman–Crippen MR) is 70.5 cm³/mol. The monoisotopic (exact) mass is 252 g/mol. The summed E-state index contributed by atoms with van der Waals surface area (Å²) in [5.41, 5.74) is 1.36. The van der Waals surface area contributed by atoms with Crippen LogP contribution in [-0.2, 0) is 9.53 Å².